The second kappa shape index (κ2) is 6.54. The summed E-state index contributed by atoms with van der Waals surface area (Å²) in [5.41, 5.74) is 1.92. The molecule has 0 aliphatic heterocycles. The molecule has 0 amide bonds. The molecule has 0 saturated heterocycles. The lowest BCUT2D eigenvalue weighted by Crippen LogP contribution is -2.22. The first kappa shape index (κ1) is 18.4. The quantitative estimate of drug-likeness (QED) is 0.878. The summed E-state index contributed by atoms with van der Waals surface area (Å²) in [6, 6.07) is 10.7. The molecule has 0 aliphatic rings. The predicted molar refractivity (Wildman–Crippen MR) is 94.0 cm³/mol. The van der Waals surface area contributed by atoms with E-state index in [4.69, 9.17) is 0 Å². The van der Waals surface area contributed by atoms with Crippen molar-refractivity contribution < 1.29 is 16.8 Å². The third-order valence-electron chi connectivity index (χ3n) is 3.51. The summed E-state index contributed by atoms with van der Waals surface area (Å²) in [5.74, 6) is 0. The summed E-state index contributed by atoms with van der Waals surface area (Å²) in [6.07, 6.45) is 0. The number of benzene rings is 2. The number of aryl methyl sites for hydroxylation is 2. The average molecular weight is 368 g/mol. The molecule has 0 radical (unpaired) electrons. The zero-order valence-electron chi connectivity index (χ0n) is 13.9. The third kappa shape index (κ3) is 3.77. The van der Waals surface area contributed by atoms with Gasteiger partial charge in [0.1, 0.15) is 0 Å². The van der Waals surface area contributed by atoms with Gasteiger partial charge in [0.05, 0.1) is 9.79 Å². The number of sulfonamides is 2. The Morgan fingerprint density at radius 2 is 1.46 bits per heavy atom. The average Bonchev–Trinajstić information content (AvgIpc) is 2.46. The van der Waals surface area contributed by atoms with E-state index in [1.807, 2.05) is 6.92 Å². The lowest BCUT2D eigenvalue weighted by Gasteiger charge is -2.13. The van der Waals surface area contributed by atoms with Gasteiger partial charge in [-0.15, -0.1) is 0 Å². The second-order valence-electron chi connectivity index (χ2n) is 5.69. The summed E-state index contributed by atoms with van der Waals surface area (Å²) in [7, 11) is -4.41. The molecular formula is C16H20N2O4S2. The van der Waals surface area contributed by atoms with Crippen LogP contribution >= 0.6 is 0 Å². The van der Waals surface area contributed by atoms with E-state index in [2.05, 4.69) is 4.72 Å². The second-order valence-corrected chi connectivity index (χ2v) is 9.49. The van der Waals surface area contributed by atoms with E-state index in [0.717, 1.165) is 9.87 Å². The number of hydrogen-bond donors (Lipinski definition) is 1. The van der Waals surface area contributed by atoms with Gasteiger partial charge in [0.25, 0.3) is 10.0 Å². The zero-order chi connectivity index (χ0) is 18.1. The van der Waals surface area contributed by atoms with E-state index in [1.54, 1.807) is 25.1 Å². The molecule has 0 bridgehead atoms. The van der Waals surface area contributed by atoms with Crippen LogP contribution < -0.4 is 4.72 Å². The molecule has 1 N–H and O–H groups in total. The summed E-state index contributed by atoms with van der Waals surface area (Å²) in [6.45, 7) is 3.62. The summed E-state index contributed by atoms with van der Waals surface area (Å²) >= 11 is 0. The molecule has 0 fully saturated rings. The van der Waals surface area contributed by atoms with Crippen molar-refractivity contribution in [3.63, 3.8) is 0 Å². The van der Waals surface area contributed by atoms with Gasteiger partial charge >= 0.3 is 0 Å². The minimum absolute atomic E-state index is 0.0990. The van der Waals surface area contributed by atoms with Crippen LogP contribution in [0.2, 0.25) is 0 Å². The number of rotatable bonds is 5. The first-order chi connectivity index (χ1) is 11.0. The molecular weight excluding hydrogens is 348 g/mol. The minimum Gasteiger partial charge on any atom is -0.280 e. The van der Waals surface area contributed by atoms with E-state index in [0.29, 0.717) is 11.3 Å². The van der Waals surface area contributed by atoms with Gasteiger partial charge in [-0.25, -0.2) is 21.1 Å². The van der Waals surface area contributed by atoms with Crippen LogP contribution in [0.1, 0.15) is 11.1 Å². The van der Waals surface area contributed by atoms with Crippen molar-refractivity contribution in [2.45, 2.75) is 23.6 Å². The maximum Gasteiger partial charge on any atom is 0.262 e. The first-order valence-corrected chi connectivity index (χ1v) is 10.1. The molecule has 0 heterocycles. The molecule has 8 heteroatoms. The summed E-state index contributed by atoms with van der Waals surface area (Å²) in [4.78, 5) is 0.292. The smallest absolute Gasteiger partial charge is 0.262 e. The van der Waals surface area contributed by atoms with E-state index in [9.17, 15) is 16.8 Å². The van der Waals surface area contributed by atoms with Gasteiger partial charge in [0.2, 0.25) is 10.0 Å². The van der Waals surface area contributed by atoms with Gasteiger partial charge in [0.15, 0.2) is 0 Å². The van der Waals surface area contributed by atoms with Crippen molar-refractivity contribution in [2.24, 2.45) is 0 Å². The fourth-order valence-corrected chi connectivity index (χ4v) is 4.40. The lowest BCUT2D eigenvalue weighted by molar-refractivity contribution is 0.521. The zero-order valence-corrected chi connectivity index (χ0v) is 15.6. The highest BCUT2D eigenvalue weighted by Gasteiger charge is 2.19. The normalized spacial score (nSPS) is 12.4. The van der Waals surface area contributed by atoms with Gasteiger partial charge in [-0.2, -0.15) is 0 Å². The highest BCUT2D eigenvalue weighted by atomic mass is 32.2. The molecule has 130 valence electrons. The van der Waals surface area contributed by atoms with E-state index in [-0.39, 0.29) is 9.79 Å². The highest BCUT2D eigenvalue weighted by molar-refractivity contribution is 7.92. The van der Waals surface area contributed by atoms with Crippen LogP contribution in [0.25, 0.3) is 0 Å². The molecule has 2 aromatic rings. The maximum absolute atomic E-state index is 12.5. The van der Waals surface area contributed by atoms with Gasteiger partial charge in [-0.05, 0) is 49.7 Å². The molecule has 2 aromatic carbocycles. The predicted octanol–water partition coefficient (Wildman–Crippen LogP) is 2.35. The molecule has 0 aliphatic carbocycles. The van der Waals surface area contributed by atoms with Crippen LogP contribution in [0.5, 0.6) is 0 Å². The van der Waals surface area contributed by atoms with Gasteiger partial charge < -0.3 is 0 Å². The van der Waals surface area contributed by atoms with Crippen molar-refractivity contribution >= 4 is 25.7 Å². The largest absolute Gasteiger partial charge is 0.280 e. The highest BCUT2D eigenvalue weighted by Crippen LogP contribution is 2.22. The van der Waals surface area contributed by atoms with Crippen LogP contribution in [0.3, 0.4) is 0 Å². The molecule has 6 nitrogen and oxygen atoms in total. The monoisotopic (exact) mass is 368 g/mol. The Bertz CT molecular complexity index is 948. The van der Waals surface area contributed by atoms with Gasteiger partial charge in [0, 0.05) is 19.8 Å². The van der Waals surface area contributed by atoms with E-state index in [1.165, 1.54) is 38.4 Å². The molecule has 0 saturated carbocycles. The summed E-state index contributed by atoms with van der Waals surface area (Å²) in [5, 5.41) is 0. The number of anilines is 1. The molecule has 0 spiro atoms. The minimum atomic E-state index is -3.74. The Morgan fingerprint density at radius 1 is 0.875 bits per heavy atom. The van der Waals surface area contributed by atoms with Crippen molar-refractivity contribution in [3.05, 3.63) is 53.6 Å². The fourth-order valence-electron chi connectivity index (χ4n) is 2.22. The van der Waals surface area contributed by atoms with Crippen molar-refractivity contribution in [1.29, 1.82) is 0 Å². The molecule has 0 unspecified atom stereocenters. The molecule has 2 rings (SSSR count). The number of hydrogen-bond acceptors (Lipinski definition) is 4. The Morgan fingerprint density at radius 3 is 1.96 bits per heavy atom. The van der Waals surface area contributed by atoms with Crippen LogP contribution in [-0.2, 0) is 20.0 Å². The number of nitrogens with one attached hydrogen (secondary N) is 1. The Kier molecular flexibility index (Phi) is 5.03. The standard InChI is InChI=1S/C16H20N2O4S2/c1-12-5-10-16(13(2)11-12)23(19,20)17-14-6-8-15(9-7-14)24(21,22)18(3)4/h5-11,17H,1-4H3. The van der Waals surface area contributed by atoms with Crippen molar-refractivity contribution in [3.8, 4) is 0 Å². The SMILES string of the molecule is Cc1ccc(S(=O)(=O)Nc2ccc(S(=O)(=O)N(C)C)cc2)c(C)c1. The topological polar surface area (TPSA) is 83.5 Å². The Labute approximate surface area is 143 Å². The van der Waals surface area contributed by atoms with Crippen LogP contribution in [-0.4, -0.2) is 35.2 Å². The molecule has 24 heavy (non-hydrogen) atoms. The number of nitrogens with zero attached hydrogens (tertiary/aromatic N) is 1. The van der Waals surface area contributed by atoms with Gasteiger partial charge in [-0.1, -0.05) is 17.7 Å². The van der Waals surface area contributed by atoms with Crippen molar-refractivity contribution in [1.82, 2.24) is 4.31 Å². The third-order valence-corrected chi connectivity index (χ3v) is 6.88. The van der Waals surface area contributed by atoms with Crippen LogP contribution in [0, 0.1) is 13.8 Å². The summed E-state index contributed by atoms with van der Waals surface area (Å²) < 4.78 is 52.6. The maximum atomic E-state index is 12.5. The van der Waals surface area contributed by atoms with Crippen LogP contribution in [0.15, 0.2) is 52.3 Å². The molecule has 0 aromatic heterocycles. The van der Waals surface area contributed by atoms with E-state index >= 15 is 0 Å². The van der Waals surface area contributed by atoms with Gasteiger partial charge in [-0.3, -0.25) is 4.72 Å². The Balaban J connectivity index is 2.31. The first-order valence-electron chi connectivity index (χ1n) is 7.17. The van der Waals surface area contributed by atoms with E-state index < -0.39 is 20.0 Å². The lowest BCUT2D eigenvalue weighted by atomic mass is 10.2. The van der Waals surface area contributed by atoms with Crippen molar-refractivity contribution in [2.75, 3.05) is 18.8 Å². The fraction of sp³-hybridized carbons (Fsp3) is 0.250. The van der Waals surface area contributed by atoms with Crippen LogP contribution in [0.4, 0.5) is 5.69 Å². The Hall–Kier alpha value is -1.90. The molecule has 0 atom stereocenters.